The standard InChI is InChI=1S/C23H22F3N3O6S2/c1-37(34,35)27-12-13-29(36(32)33)20-14-19(10-11-21(20)30)28-22(31)17-4-2-15(3-5-17)16-6-8-18(9-7-16)23(24,25)26/h2-11,14,27,30,36H,12-13H2,1H3,(H,28,31). The summed E-state index contributed by atoms with van der Waals surface area (Å²) in [4.78, 5) is 12.7. The molecule has 3 N–H and O–H groups in total. The average molecular weight is 558 g/mol. The molecule has 1 amide bonds. The van der Waals surface area contributed by atoms with Crippen LogP contribution in [0.5, 0.6) is 5.75 Å². The zero-order valence-corrected chi connectivity index (χ0v) is 20.9. The number of nitrogens with zero attached hydrogens (tertiary/aromatic N) is 1. The van der Waals surface area contributed by atoms with Crippen LogP contribution in [0, 0.1) is 0 Å². The first-order chi connectivity index (χ1) is 17.2. The highest BCUT2D eigenvalue weighted by Crippen LogP contribution is 2.32. The van der Waals surface area contributed by atoms with Crippen LogP contribution in [-0.2, 0) is 27.1 Å². The number of hydrogen-bond donors (Lipinski definition) is 4. The molecule has 37 heavy (non-hydrogen) atoms. The van der Waals surface area contributed by atoms with E-state index in [-0.39, 0.29) is 30.0 Å². The van der Waals surface area contributed by atoms with Crippen molar-refractivity contribution in [3.05, 3.63) is 77.9 Å². The molecule has 3 aromatic rings. The quantitative estimate of drug-likeness (QED) is 0.236. The third kappa shape index (κ3) is 7.68. The third-order valence-electron chi connectivity index (χ3n) is 5.09. The van der Waals surface area contributed by atoms with Crippen LogP contribution >= 0.6 is 0 Å². The summed E-state index contributed by atoms with van der Waals surface area (Å²) in [5.74, 6) is -0.968. The molecule has 0 unspecified atom stereocenters. The van der Waals surface area contributed by atoms with E-state index in [1.165, 1.54) is 42.5 Å². The Bertz CT molecular complexity index is 1450. The molecule has 0 aliphatic heterocycles. The lowest BCUT2D eigenvalue weighted by Gasteiger charge is -2.20. The molecule has 14 heteroatoms. The van der Waals surface area contributed by atoms with Crippen molar-refractivity contribution in [2.45, 2.75) is 6.18 Å². The molecule has 9 nitrogen and oxygen atoms in total. The van der Waals surface area contributed by atoms with Crippen molar-refractivity contribution in [2.75, 3.05) is 29.0 Å². The number of thiol groups is 1. The fraction of sp³-hybridized carbons (Fsp3) is 0.174. The number of halogens is 3. The molecule has 0 aliphatic carbocycles. The average Bonchev–Trinajstić information content (AvgIpc) is 2.82. The number of nitrogens with one attached hydrogen (secondary N) is 2. The minimum absolute atomic E-state index is 0.155. The number of anilines is 2. The predicted octanol–water partition coefficient (Wildman–Crippen LogP) is 3.21. The van der Waals surface area contributed by atoms with Crippen molar-refractivity contribution in [1.29, 1.82) is 0 Å². The Balaban J connectivity index is 1.74. The van der Waals surface area contributed by atoms with Gasteiger partial charge in [0.15, 0.2) is 0 Å². The van der Waals surface area contributed by atoms with E-state index in [1.54, 1.807) is 12.1 Å². The van der Waals surface area contributed by atoms with Crippen LogP contribution in [0.4, 0.5) is 24.5 Å². The highest BCUT2D eigenvalue weighted by molar-refractivity contribution is 7.88. The summed E-state index contributed by atoms with van der Waals surface area (Å²) in [5, 5.41) is 12.7. The molecule has 0 aliphatic rings. The molecule has 0 fully saturated rings. The van der Waals surface area contributed by atoms with Gasteiger partial charge in [-0.2, -0.15) is 13.2 Å². The Labute approximate surface area is 212 Å². The van der Waals surface area contributed by atoms with E-state index < -0.39 is 44.3 Å². The summed E-state index contributed by atoms with van der Waals surface area (Å²) in [6, 6.07) is 14.4. The number of alkyl halides is 3. The van der Waals surface area contributed by atoms with Crippen molar-refractivity contribution in [2.24, 2.45) is 0 Å². The molecule has 3 aromatic carbocycles. The van der Waals surface area contributed by atoms with Gasteiger partial charge in [-0.25, -0.2) is 21.6 Å². The number of carbonyl (C=O) groups is 1. The number of amides is 1. The van der Waals surface area contributed by atoms with E-state index in [0.717, 1.165) is 22.7 Å². The van der Waals surface area contributed by atoms with Crippen molar-refractivity contribution in [1.82, 2.24) is 4.72 Å². The van der Waals surface area contributed by atoms with Crippen molar-refractivity contribution in [3.63, 3.8) is 0 Å². The molecule has 0 saturated heterocycles. The first-order valence-electron chi connectivity index (χ1n) is 10.5. The fourth-order valence-corrected chi connectivity index (χ4v) is 4.37. The molecule has 0 spiro atoms. The van der Waals surface area contributed by atoms with E-state index in [1.807, 2.05) is 0 Å². The Hall–Kier alpha value is -3.62. The number of sulfonamides is 1. The fourth-order valence-electron chi connectivity index (χ4n) is 3.30. The monoisotopic (exact) mass is 557 g/mol. The molecule has 198 valence electrons. The van der Waals surface area contributed by atoms with Crippen LogP contribution < -0.4 is 14.3 Å². The smallest absolute Gasteiger partial charge is 0.416 e. The van der Waals surface area contributed by atoms with Gasteiger partial charge in [-0.3, -0.25) is 9.10 Å². The molecular weight excluding hydrogens is 535 g/mol. The summed E-state index contributed by atoms with van der Waals surface area (Å²) in [5.41, 5.74) is 0.557. The lowest BCUT2D eigenvalue weighted by Crippen LogP contribution is -2.33. The van der Waals surface area contributed by atoms with Crippen LogP contribution in [0.3, 0.4) is 0 Å². The lowest BCUT2D eigenvalue weighted by atomic mass is 10.0. The van der Waals surface area contributed by atoms with Crippen LogP contribution in [0.25, 0.3) is 11.1 Å². The summed E-state index contributed by atoms with van der Waals surface area (Å²) in [6.45, 7) is -0.550. The Morgan fingerprint density at radius 2 is 1.54 bits per heavy atom. The normalized spacial score (nSPS) is 11.9. The maximum Gasteiger partial charge on any atom is 0.416 e. The van der Waals surface area contributed by atoms with Gasteiger partial charge >= 0.3 is 6.18 Å². The first-order valence-corrected chi connectivity index (χ1v) is 13.6. The molecule has 0 atom stereocenters. The van der Waals surface area contributed by atoms with Crippen LogP contribution in [0.2, 0.25) is 0 Å². The van der Waals surface area contributed by atoms with E-state index in [2.05, 4.69) is 10.0 Å². The summed E-state index contributed by atoms with van der Waals surface area (Å²) >= 11 is 0. The minimum atomic E-state index is -4.44. The van der Waals surface area contributed by atoms with Gasteiger partial charge in [-0.15, -0.1) is 0 Å². The Kier molecular flexibility index (Phi) is 8.46. The maximum absolute atomic E-state index is 12.8. The number of aromatic hydroxyl groups is 1. The zero-order valence-electron chi connectivity index (χ0n) is 19.2. The second-order valence-electron chi connectivity index (χ2n) is 7.84. The number of carbonyl (C=O) groups excluding carboxylic acids is 1. The summed E-state index contributed by atoms with van der Waals surface area (Å²) < 4.78 is 87.1. The van der Waals surface area contributed by atoms with Crippen molar-refractivity contribution in [3.8, 4) is 16.9 Å². The third-order valence-corrected chi connectivity index (χ3v) is 6.63. The van der Waals surface area contributed by atoms with Gasteiger partial charge in [0.2, 0.25) is 20.9 Å². The van der Waals surface area contributed by atoms with Crippen molar-refractivity contribution < 1.29 is 39.9 Å². The molecule has 0 bridgehead atoms. The maximum atomic E-state index is 12.8. The van der Waals surface area contributed by atoms with Gasteiger partial charge < -0.3 is 10.4 Å². The zero-order chi connectivity index (χ0) is 27.4. The second kappa shape index (κ2) is 11.2. The summed E-state index contributed by atoms with van der Waals surface area (Å²) in [7, 11) is -6.81. The largest absolute Gasteiger partial charge is 0.506 e. The highest BCUT2D eigenvalue weighted by Gasteiger charge is 2.30. The van der Waals surface area contributed by atoms with Gasteiger partial charge in [-0.05, 0) is 53.6 Å². The number of phenolic OH excluding ortho intramolecular Hbond substituents is 1. The topological polar surface area (TPSA) is 133 Å². The van der Waals surface area contributed by atoms with Gasteiger partial charge in [0.25, 0.3) is 5.91 Å². The second-order valence-corrected chi connectivity index (χ2v) is 10.6. The van der Waals surface area contributed by atoms with Crippen molar-refractivity contribution >= 4 is 38.2 Å². The van der Waals surface area contributed by atoms with Gasteiger partial charge in [0, 0.05) is 24.3 Å². The number of hydrogen-bond acceptors (Lipinski definition) is 6. The highest BCUT2D eigenvalue weighted by atomic mass is 32.2. The van der Waals surface area contributed by atoms with E-state index in [4.69, 9.17) is 0 Å². The van der Waals surface area contributed by atoms with E-state index in [0.29, 0.717) is 11.1 Å². The van der Waals surface area contributed by atoms with Crippen LogP contribution in [0.15, 0.2) is 66.7 Å². The number of rotatable bonds is 9. The SMILES string of the molecule is CS(=O)(=O)NCCN(c1cc(NC(=O)c2ccc(-c3ccc(C(F)(F)F)cc3)cc2)ccc1O)[SH](=O)=O. The van der Waals surface area contributed by atoms with Gasteiger partial charge in [-0.1, -0.05) is 24.3 Å². The van der Waals surface area contributed by atoms with Gasteiger partial charge in [0.1, 0.15) is 5.75 Å². The van der Waals surface area contributed by atoms with E-state index in [9.17, 15) is 39.9 Å². The number of phenols is 1. The first kappa shape index (κ1) is 28.0. The summed E-state index contributed by atoms with van der Waals surface area (Å²) in [6.07, 6.45) is -3.53. The molecule has 0 radical (unpaired) electrons. The Morgan fingerprint density at radius 1 is 0.973 bits per heavy atom. The van der Waals surface area contributed by atoms with Gasteiger partial charge in [0.05, 0.1) is 17.5 Å². The Morgan fingerprint density at radius 3 is 2.05 bits per heavy atom. The van der Waals surface area contributed by atoms with Crippen LogP contribution in [0.1, 0.15) is 15.9 Å². The molecular formula is C23H22F3N3O6S2. The minimum Gasteiger partial charge on any atom is -0.506 e. The van der Waals surface area contributed by atoms with Crippen LogP contribution in [-0.4, -0.2) is 47.2 Å². The molecule has 3 rings (SSSR count). The number of benzene rings is 3. The molecule has 0 aromatic heterocycles. The van der Waals surface area contributed by atoms with E-state index >= 15 is 0 Å². The molecule has 0 heterocycles. The lowest BCUT2D eigenvalue weighted by molar-refractivity contribution is -0.137. The molecule has 0 saturated carbocycles. The predicted molar refractivity (Wildman–Crippen MR) is 133 cm³/mol.